The molecular weight excluding hydrogens is 242 g/mol. The van der Waals surface area contributed by atoms with Crippen LogP contribution in [0.1, 0.15) is 0 Å². The summed E-state index contributed by atoms with van der Waals surface area (Å²) >= 11 is 5.71. The van der Waals surface area contributed by atoms with Gasteiger partial charge in [-0.25, -0.2) is 10.4 Å². The molecule has 0 amide bonds. The van der Waals surface area contributed by atoms with E-state index in [2.05, 4.69) is 26.5 Å². The Morgan fingerprint density at radius 3 is 3.12 bits per heavy atom. The number of nitriles is 1. The maximum Gasteiger partial charge on any atom is 0.166 e. The van der Waals surface area contributed by atoms with Crippen LogP contribution in [0.2, 0.25) is 5.02 Å². The monoisotopic (exact) mass is 249 g/mol. The molecule has 0 bridgehead atoms. The number of nitrogens with zero attached hydrogens (tertiary/aromatic N) is 4. The molecule has 1 aromatic rings. The van der Waals surface area contributed by atoms with Gasteiger partial charge in [-0.3, -0.25) is 5.43 Å². The number of rotatable bonds is 3. The minimum atomic E-state index is 0.507. The van der Waals surface area contributed by atoms with Crippen molar-refractivity contribution in [3.05, 3.63) is 35.5 Å². The van der Waals surface area contributed by atoms with Crippen molar-refractivity contribution in [1.82, 2.24) is 21.2 Å². The van der Waals surface area contributed by atoms with Gasteiger partial charge in [-0.05, 0) is 18.2 Å². The van der Waals surface area contributed by atoms with Crippen molar-refractivity contribution in [2.75, 3.05) is 5.43 Å². The first-order valence-corrected chi connectivity index (χ1v) is 5.00. The third kappa shape index (κ3) is 3.07. The van der Waals surface area contributed by atoms with Crippen molar-refractivity contribution in [2.45, 2.75) is 0 Å². The molecule has 17 heavy (non-hydrogen) atoms. The quantitative estimate of drug-likeness (QED) is 0.686. The second kappa shape index (κ2) is 5.16. The fraction of sp³-hybridized carbons (Fsp3) is 0. The zero-order chi connectivity index (χ0) is 12.1. The van der Waals surface area contributed by atoms with Gasteiger partial charge < -0.3 is 0 Å². The number of hydrazone groups is 1. The van der Waals surface area contributed by atoms with E-state index < -0.39 is 0 Å². The van der Waals surface area contributed by atoms with E-state index in [0.717, 1.165) is 0 Å². The minimum absolute atomic E-state index is 0.507. The van der Waals surface area contributed by atoms with Crippen molar-refractivity contribution >= 4 is 23.3 Å². The van der Waals surface area contributed by atoms with Crippen LogP contribution in [0.5, 0.6) is 0 Å². The number of amidine groups is 1. The lowest BCUT2D eigenvalue weighted by Gasteiger charge is -2.13. The lowest BCUT2D eigenvalue weighted by atomic mass is 10.5. The van der Waals surface area contributed by atoms with Gasteiger partial charge in [0.15, 0.2) is 5.84 Å². The van der Waals surface area contributed by atoms with Gasteiger partial charge in [-0.15, -0.1) is 15.9 Å². The highest BCUT2D eigenvalue weighted by atomic mass is 35.5. The standard InChI is InChI=1S/C9H8ClN7/c10-7-3-4-8(12-6-7)14-17-15-9(13-16-17)2-1-5-11/h1-4,6,16H,(H,12,14)(H,13,15). The summed E-state index contributed by atoms with van der Waals surface area (Å²) in [6, 6.07) is 5.29. The van der Waals surface area contributed by atoms with Crippen LogP contribution in [0.4, 0.5) is 5.82 Å². The normalized spacial score (nSPS) is 14.4. The van der Waals surface area contributed by atoms with E-state index in [-0.39, 0.29) is 0 Å². The highest BCUT2D eigenvalue weighted by Crippen LogP contribution is 2.10. The Labute approximate surface area is 102 Å². The third-order valence-electron chi connectivity index (χ3n) is 1.76. The number of hydrogen-bond donors (Lipinski definition) is 3. The average molecular weight is 250 g/mol. The van der Waals surface area contributed by atoms with E-state index >= 15 is 0 Å². The number of anilines is 1. The number of hydrazine groups is 3. The summed E-state index contributed by atoms with van der Waals surface area (Å²) in [5.41, 5.74) is 8.32. The van der Waals surface area contributed by atoms with Gasteiger partial charge in [0, 0.05) is 12.3 Å². The summed E-state index contributed by atoms with van der Waals surface area (Å²) in [5.74, 6) is 1.09. The first kappa shape index (κ1) is 11.2. The molecule has 3 N–H and O–H groups in total. The van der Waals surface area contributed by atoms with E-state index in [0.29, 0.717) is 16.7 Å². The molecule has 0 aliphatic carbocycles. The molecule has 0 radical (unpaired) electrons. The molecule has 7 nitrogen and oxygen atoms in total. The minimum Gasteiger partial charge on any atom is -0.283 e. The first-order chi connectivity index (χ1) is 8.28. The Kier molecular flexibility index (Phi) is 3.40. The van der Waals surface area contributed by atoms with Gasteiger partial charge in [0.05, 0.1) is 11.1 Å². The van der Waals surface area contributed by atoms with Crippen LogP contribution in [0.3, 0.4) is 0 Å². The zero-order valence-corrected chi connectivity index (χ0v) is 9.31. The SMILES string of the molecule is N#CC=CC1=NN(Nc2ccc(Cl)cn2)NN1. The van der Waals surface area contributed by atoms with Gasteiger partial charge in [0.25, 0.3) is 0 Å². The van der Waals surface area contributed by atoms with Crippen molar-refractivity contribution in [2.24, 2.45) is 5.10 Å². The molecule has 1 aliphatic rings. The molecule has 1 aliphatic heterocycles. The lowest BCUT2D eigenvalue weighted by Crippen LogP contribution is -2.41. The van der Waals surface area contributed by atoms with Crippen molar-refractivity contribution < 1.29 is 0 Å². The summed E-state index contributed by atoms with van der Waals surface area (Å²) < 4.78 is 0. The van der Waals surface area contributed by atoms with E-state index in [9.17, 15) is 0 Å². The summed E-state index contributed by atoms with van der Waals surface area (Å²) in [5, 5.41) is 14.3. The number of halogens is 1. The van der Waals surface area contributed by atoms with Crippen LogP contribution in [0.15, 0.2) is 35.6 Å². The van der Waals surface area contributed by atoms with Gasteiger partial charge in [-0.1, -0.05) is 11.6 Å². The maximum atomic E-state index is 8.36. The molecule has 0 saturated heterocycles. The van der Waals surface area contributed by atoms with Crippen LogP contribution in [0.25, 0.3) is 0 Å². The highest BCUT2D eigenvalue weighted by Gasteiger charge is 2.10. The molecular formula is C9H8ClN7. The Morgan fingerprint density at radius 1 is 1.53 bits per heavy atom. The fourth-order valence-electron chi connectivity index (χ4n) is 1.06. The molecule has 0 atom stereocenters. The maximum absolute atomic E-state index is 8.36. The average Bonchev–Trinajstić information content (AvgIpc) is 2.77. The molecule has 8 heteroatoms. The van der Waals surface area contributed by atoms with Crippen LogP contribution < -0.4 is 16.4 Å². The van der Waals surface area contributed by atoms with Crippen molar-refractivity contribution in [3.63, 3.8) is 0 Å². The molecule has 2 heterocycles. The molecule has 0 fully saturated rings. The molecule has 2 rings (SSSR count). The third-order valence-corrected chi connectivity index (χ3v) is 1.98. The molecule has 0 unspecified atom stereocenters. The van der Waals surface area contributed by atoms with E-state index in [1.807, 2.05) is 6.07 Å². The molecule has 86 valence electrons. The van der Waals surface area contributed by atoms with Crippen molar-refractivity contribution in [3.8, 4) is 6.07 Å². The number of nitrogens with one attached hydrogen (secondary N) is 3. The fourth-order valence-corrected chi connectivity index (χ4v) is 1.17. The largest absolute Gasteiger partial charge is 0.283 e. The predicted molar refractivity (Wildman–Crippen MR) is 63.2 cm³/mol. The van der Waals surface area contributed by atoms with Gasteiger partial charge >= 0.3 is 0 Å². The van der Waals surface area contributed by atoms with E-state index in [1.165, 1.54) is 23.6 Å². The molecule has 1 aromatic heterocycles. The Hall–Kier alpha value is -2.30. The first-order valence-electron chi connectivity index (χ1n) is 4.63. The predicted octanol–water partition coefficient (Wildman–Crippen LogP) is 0.780. The van der Waals surface area contributed by atoms with Gasteiger partial charge in [0.2, 0.25) is 0 Å². The summed E-state index contributed by atoms with van der Waals surface area (Å²) in [7, 11) is 0. The van der Waals surface area contributed by atoms with Gasteiger partial charge in [-0.2, -0.15) is 5.26 Å². The van der Waals surface area contributed by atoms with E-state index in [1.54, 1.807) is 12.1 Å². The molecule has 0 aromatic carbocycles. The number of aromatic nitrogens is 1. The highest BCUT2D eigenvalue weighted by molar-refractivity contribution is 6.30. The lowest BCUT2D eigenvalue weighted by molar-refractivity contribution is 0.254. The van der Waals surface area contributed by atoms with Crippen LogP contribution in [0, 0.1) is 11.3 Å². The summed E-state index contributed by atoms with van der Waals surface area (Å²) in [6.07, 6.45) is 4.37. The number of allylic oxidation sites excluding steroid dienone is 1. The smallest absolute Gasteiger partial charge is 0.166 e. The van der Waals surface area contributed by atoms with Crippen LogP contribution in [-0.2, 0) is 0 Å². The number of pyridine rings is 1. The topological polar surface area (TPSA) is 88.4 Å². The second-order valence-corrected chi connectivity index (χ2v) is 3.41. The summed E-state index contributed by atoms with van der Waals surface area (Å²) in [6.45, 7) is 0. The number of hydrogen-bond acceptors (Lipinski definition) is 7. The second-order valence-electron chi connectivity index (χ2n) is 2.97. The van der Waals surface area contributed by atoms with Gasteiger partial charge in [0.1, 0.15) is 5.82 Å². The van der Waals surface area contributed by atoms with Crippen LogP contribution >= 0.6 is 11.6 Å². The Bertz CT molecular complexity index is 487. The van der Waals surface area contributed by atoms with Crippen LogP contribution in [-0.4, -0.2) is 16.0 Å². The Morgan fingerprint density at radius 2 is 2.41 bits per heavy atom. The van der Waals surface area contributed by atoms with Crippen molar-refractivity contribution in [1.29, 1.82) is 5.26 Å². The Balaban J connectivity index is 1.97. The molecule has 0 saturated carbocycles. The van der Waals surface area contributed by atoms with E-state index in [4.69, 9.17) is 16.9 Å². The zero-order valence-electron chi connectivity index (χ0n) is 8.55. The summed E-state index contributed by atoms with van der Waals surface area (Å²) in [4.78, 5) is 4.04. The molecule has 0 spiro atoms.